The highest BCUT2D eigenvalue weighted by Crippen LogP contribution is 2.44. The summed E-state index contributed by atoms with van der Waals surface area (Å²) < 4.78 is 6.79. The molecule has 1 atom stereocenters. The maximum absolute atomic E-state index is 12.6. The monoisotopic (exact) mass is 464 g/mol. The van der Waals surface area contributed by atoms with Crippen molar-refractivity contribution < 1.29 is 29.3 Å². The molecule has 0 spiro atoms. The van der Waals surface area contributed by atoms with Gasteiger partial charge in [-0.15, -0.1) is 0 Å². The number of aromatic nitrogens is 2. The molecule has 0 saturated carbocycles. The van der Waals surface area contributed by atoms with Crippen LogP contribution in [0.3, 0.4) is 0 Å². The van der Waals surface area contributed by atoms with Crippen molar-refractivity contribution in [2.24, 2.45) is 7.05 Å². The first-order chi connectivity index (χ1) is 16.4. The fourth-order valence-electron chi connectivity index (χ4n) is 4.07. The van der Waals surface area contributed by atoms with Gasteiger partial charge in [0.25, 0.3) is 5.91 Å². The normalized spacial score (nSPS) is 13.0. The largest absolute Gasteiger partial charge is 0.479 e. The third kappa shape index (κ3) is 4.62. The van der Waals surface area contributed by atoms with Gasteiger partial charge in [-0.25, -0.2) is 9.59 Å². The fourth-order valence-corrected chi connectivity index (χ4v) is 4.07. The molecule has 1 aromatic heterocycles. The molecule has 0 fully saturated rings. The van der Waals surface area contributed by atoms with Gasteiger partial charge < -0.3 is 20.3 Å². The lowest BCUT2D eigenvalue weighted by Crippen LogP contribution is -2.31. The van der Waals surface area contributed by atoms with Gasteiger partial charge in [0, 0.05) is 25.9 Å². The number of aliphatic hydroxyl groups excluding tert-OH is 1. The Morgan fingerprint density at radius 3 is 2.32 bits per heavy atom. The van der Waals surface area contributed by atoms with Crippen LogP contribution in [0, 0.1) is 0 Å². The molecule has 2 amide bonds. The summed E-state index contributed by atoms with van der Waals surface area (Å²) in [6.45, 7) is 0.0522. The van der Waals surface area contributed by atoms with Crippen LogP contribution in [0.4, 0.5) is 10.5 Å². The van der Waals surface area contributed by atoms with E-state index in [0.29, 0.717) is 0 Å². The van der Waals surface area contributed by atoms with E-state index in [0.717, 1.165) is 22.3 Å². The summed E-state index contributed by atoms with van der Waals surface area (Å²) >= 11 is 0. The number of amides is 2. The van der Waals surface area contributed by atoms with Crippen LogP contribution in [0.25, 0.3) is 11.1 Å². The van der Waals surface area contributed by atoms with Gasteiger partial charge in [-0.1, -0.05) is 48.5 Å². The van der Waals surface area contributed by atoms with Crippen LogP contribution in [0.2, 0.25) is 0 Å². The topological polar surface area (TPSA) is 143 Å². The highest BCUT2D eigenvalue weighted by Gasteiger charge is 2.29. The second-order valence-corrected chi connectivity index (χ2v) is 7.88. The molecule has 176 valence electrons. The van der Waals surface area contributed by atoms with E-state index < -0.39 is 24.1 Å². The lowest BCUT2D eigenvalue weighted by Gasteiger charge is -2.15. The number of carboxylic acids is 1. The molecular formula is C24H24N4O6. The number of carboxylic acid groups (broad SMARTS) is 1. The van der Waals surface area contributed by atoms with Gasteiger partial charge in [0.2, 0.25) is 0 Å². The molecule has 0 radical (unpaired) electrons. The summed E-state index contributed by atoms with van der Waals surface area (Å²) in [5.41, 5.74) is 4.62. The van der Waals surface area contributed by atoms with Gasteiger partial charge in [-0.3, -0.25) is 14.8 Å². The fraction of sp³-hybridized carbons (Fsp3) is 0.250. The van der Waals surface area contributed by atoms with E-state index in [-0.39, 0.29) is 36.9 Å². The molecule has 3 aromatic rings. The quantitative estimate of drug-likeness (QED) is 0.401. The minimum atomic E-state index is -1.58. The zero-order chi connectivity index (χ0) is 24.2. The SMILES string of the molecule is Cn1ncc(NC(=O)OCC2c3ccccc3-c3ccccc32)c1C(=O)NCC[C@H](O)C(=O)O. The molecule has 0 aliphatic heterocycles. The summed E-state index contributed by atoms with van der Waals surface area (Å²) in [5, 5.41) is 27.1. The number of benzene rings is 2. The number of carbonyl (C=O) groups excluding carboxylic acids is 2. The van der Waals surface area contributed by atoms with Crippen molar-refractivity contribution in [1.82, 2.24) is 15.1 Å². The van der Waals surface area contributed by atoms with E-state index in [9.17, 15) is 19.5 Å². The highest BCUT2D eigenvalue weighted by atomic mass is 16.5. The Morgan fingerprint density at radius 1 is 1.09 bits per heavy atom. The molecule has 10 heteroatoms. The van der Waals surface area contributed by atoms with E-state index in [1.807, 2.05) is 48.5 Å². The molecule has 0 bridgehead atoms. The average Bonchev–Trinajstić information content (AvgIpc) is 3.34. The lowest BCUT2D eigenvalue weighted by molar-refractivity contribution is -0.146. The van der Waals surface area contributed by atoms with Crippen molar-refractivity contribution in [3.05, 3.63) is 71.5 Å². The molecule has 0 saturated heterocycles. The van der Waals surface area contributed by atoms with Crippen LogP contribution in [0.1, 0.15) is 34.0 Å². The second-order valence-electron chi connectivity index (χ2n) is 7.88. The van der Waals surface area contributed by atoms with Gasteiger partial charge in [-0.2, -0.15) is 5.10 Å². The van der Waals surface area contributed by atoms with Crippen molar-refractivity contribution in [2.45, 2.75) is 18.4 Å². The van der Waals surface area contributed by atoms with Gasteiger partial charge in [-0.05, 0) is 22.3 Å². The standard InChI is InChI=1S/C24H24N4O6/c1-28-21(22(30)25-11-10-20(29)23(31)32)19(12-26-28)27-24(33)34-13-18-16-8-4-2-6-14(16)15-7-3-5-9-17(15)18/h2-9,12,18,20,29H,10-11,13H2,1H3,(H,25,30)(H,27,33)(H,31,32)/t20-/m0/s1. The average molecular weight is 464 g/mol. The van der Waals surface area contributed by atoms with Crippen molar-refractivity contribution in [1.29, 1.82) is 0 Å². The van der Waals surface area contributed by atoms with Gasteiger partial charge in [0.15, 0.2) is 6.10 Å². The summed E-state index contributed by atoms with van der Waals surface area (Å²) in [7, 11) is 1.53. The number of aliphatic hydroxyl groups is 1. The zero-order valence-corrected chi connectivity index (χ0v) is 18.4. The molecule has 0 unspecified atom stereocenters. The number of nitrogens with one attached hydrogen (secondary N) is 2. The molecule has 4 N–H and O–H groups in total. The second kappa shape index (κ2) is 9.75. The first-order valence-electron chi connectivity index (χ1n) is 10.7. The summed E-state index contributed by atoms with van der Waals surface area (Å²) in [5.74, 6) is -2.05. The minimum absolute atomic E-state index is 0.0676. The van der Waals surface area contributed by atoms with E-state index in [2.05, 4.69) is 15.7 Å². The Morgan fingerprint density at radius 2 is 1.71 bits per heavy atom. The van der Waals surface area contributed by atoms with Crippen LogP contribution in [-0.4, -0.2) is 57.2 Å². The first-order valence-corrected chi connectivity index (χ1v) is 10.7. The van der Waals surface area contributed by atoms with Crippen LogP contribution in [-0.2, 0) is 16.6 Å². The predicted octanol–water partition coefficient (Wildman–Crippen LogP) is 2.35. The van der Waals surface area contributed by atoms with Crippen LogP contribution in [0.15, 0.2) is 54.7 Å². The molecule has 34 heavy (non-hydrogen) atoms. The van der Waals surface area contributed by atoms with E-state index in [4.69, 9.17) is 9.84 Å². The van der Waals surface area contributed by atoms with Gasteiger partial charge in [0.05, 0.1) is 11.9 Å². The zero-order valence-electron chi connectivity index (χ0n) is 18.4. The van der Waals surface area contributed by atoms with Crippen molar-refractivity contribution in [2.75, 3.05) is 18.5 Å². The third-order valence-corrected chi connectivity index (χ3v) is 5.72. The summed E-state index contributed by atoms with van der Waals surface area (Å²) in [6.07, 6.45) is -1.15. The summed E-state index contributed by atoms with van der Waals surface area (Å²) in [6, 6.07) is 16.0. The van der Waals surface area contributed by atoms with Crippen LogP contribution in [0.5, 0.6) is 0 Å². The number of fused-ring (bicyclic) bond motifs is 3. The van der Waals surface area contributed by atoms with Crippen molar-refractivity contribution >= 4 is 23.7 Å². The number of hydrogen-bond acceptors (Lipinski definition) is 6. The smallest absolute Gasteiger partial charge is 0.411 e. The number of aliphatic carboxylic acids is 1. The maximum atomic E-state index is 12.6. The molecular weight excluding hydrogens is 440 g/mol. The number of carbonyl (C=O) groups is 3. The van der Waals surface area contributed by atoms with Crippen LogP contribution >= 0.6 is 0 Å². The predicted molar refractivity (Wildman–Crippen MR) is 122 cm³/mol. The molecule has 10 nitrogen and oxygen atoms in total. The van der Waals surface area contributed by atoms with E-state index >= 15 is 0 Å². The minimum Gasteiger partial charge on any atom is -0.479 e. The molecule has 4 rings (SSSR count). The Balaban J connectivity index is 1.39. The highest BCUT2D eigenvalue weighted by molar-refractivity contribution is 6.01. The molecule has 1 aliphatic rings. The number of ether oxygens (including phenoxy) is 1. The third-order valence-electron chi connectivity index (χ3n) is 5.72. The number of hydrogen-bond donors (Lipinski definition) is 4. The Hall–Kier alpha value is -4.18. The van der Waals surface area contributed by atoms with Gasteiger partial charge >= 0.3 is 12.1 Å². The number of anilines is 1. The van der Waals surface area contributed by atoms with Crippen molar-refractivity contribution in [3.8, 4) is 11.1 Å². The number of nitrogens with zero attached hydrogens (tertiary/aromatic N) is 2. The molecule has 1 heterocycles. The molecule has 1 aliphatic carbocycles. The Bertz CT molecular complexity index is 1190. The lowest BCUT2D eigenvalue weighted by atomic mass is 9.98. The number of aryl methyl sites for hydroxylation is 1. The van der Waals surface area contributed by atoms with Crippen molar-refractivity contribution in [3.63, 3.8) is 0 Å². The van der Waals surface area contributed by atoms with Crippen LogP contribution < -0.4 is 10.6 Å². The van der Waals surface area contributed by atoms with E-state index in [1.54, 1.807) is 0 Å². The maximum Gasteiger partial charge on any atom is 0.411 e. The van der Waals surface area contributed by atoms with E-state index in [1.165, 1.54) is 17.9 Å². The Labute approximate surface area is 195 Å². The van der Waals surface area contributed by atoms with Gasteiger partial charge in [0.1, 0.15) is 12.3 Å². The number of rotatable bonds is 8. The summed E-state index contributed by atoms with van der Waals surface area (Å²) in [4.78, 5) is 35.8. The molecule has 2 aromatic carbocycles. The Kier molecular flexibility index (Phi) is 6.60. The first kappa shape index (κ1) is 23.0.